The van der Waals surface area contributed by atoms with Crippen LogP contribution in [-0.2, 0) is 4.79 Å². The van der Waals surface area contributed by atoms with Gasteiger partial charge in [0.05, 0.1) is 0 Å². The highest BCUT2D eigenvalue weighted by Gasteiger charge is 2.30. The fraction of sp³-hybridized carbons (Fsp3) is 0.933. The van der Waals surface area contributed by atoms with Crippen molar-refractivity contribution in [3.8, 4) is 0 Å². The summed E-state index contributed by atoms with van der Waals surface area (Å²) in [6, 6.07) is 0.433. The van der Waals surface area contributed by atoms with Gasteiger partial charge in [0, 0.05) is 19.0 Å². The normalized spacial score (nSPS) is 31.6. The van der Waals surface area contributed by atoms with Gasteiger partial charge in [-0.3, -0.25) is 4.79 Å². The number of nitrogens with zero attached hydrogens (tertiary/aromatic N) is 1. The minimum absolute atomic E-state index is 0.389. The number of carbonyl (C=O) groups is 1. The largest absolute Gasteiger partial charge is 0.339 e. The van der Waals surface area contributed by atoms with Crippen LogP contribution in [0.5, 0.6) is 0 Å². The van der Waals surface area contributed by atoms with E-state index in [0.717, 1.165) is 25.9 Å². The van der Waals surface area contributed by atoms with E-state index in [2.05, 4.69) is 4.90 Å². The predicted molar refractivity (Wildman–Crippen MR) is 74.2 cm³/mol. The van der Waals surface area contributed by atoms with Crippen molar-refractivity contribution in [1.82, 2.24) is 4.90 Å². The van der Waals surface area contributed by atoms with Crippen LogP contribution in [0.2, 0.25) is 0 Å². The second-order valence-corrected chi connectivity index (χ2v) is 5.95. The molecule has 3 heteroatoms. The Balaban J connectivity index is 2.05. The molecule has 3 nitrogen and oxygen atoms in total. The molecule has 18 heavy (non-hydrogen) atoms. The van der Waals surface area contributed by atoms with E-state index in [1.807, 2.05) is 0 Å². The number of hydrogen-bond donors (Lipinski definition) is 1. The summed E-state index contributed by atoms with van der Waals surface area (Å²) in [5.41, 5.74) is 5.95. The predicted octanol–water partition coefficient (Wildman–Crippen LogP) is 2.69. The van der Waals surface area contributed by atoms with Gasteiger partial charge >= 0.3 is 0 Å². The lowest BCUT2D eigenvalue weighted by atomic mass is 9.92. The number of likely N-dealkylation sites (tertiary alicyclic amines) is 1. The fourth-order valence-corrected chi connectivity index (χ4v) is 3.58. The molecule has 2 fully saturated rings. The van der Waals surface area contributed by atoms with E-state index < -0.39 is 0 Å². The molecule has 2 aliphatic rings. The molecule has 0 radical (unpaired) electrons. The average molecular weight is 252 g/mol. The van der Waals surface area contributed by atoms with Gasteiger partial charge in [-0.25, -0.2) is 0 Å². The zero-order valence-corrected chi connectivity index (χ0v) is 11.6. The zero-order chi connectivity index (χ0) is 12.8. The first-order valence-corrected chi connectivity index (χ1v) is 7.82. The number of hydrogen-bond acceptors (Lipinski definition) is 2. The number of carbonyl (C=O) groups excluding carboxylic acids is 1. The summed E-state index contributed by atoms with van der Waals surface area (Å²) in [7, 11) is 0. The van der Waals surface area contributed by atoms with E-state index in [0.29, 0.717) is 17.9 Å². The van der Waals surface area contributed by atoms with Gasteiger partial charge in [0.15, 0.2) is 0 Å². The third kappa shape index (κ3) is 3.47. The number of amides is 1. The molecule has 2 rings (SSSR count). The maximum Gasteiger partial charge on any atom is 0.222 e. The van der Waals surface area contributed by atoms with Crippen molar-refractivity contribution < 1.29 is 4.79 Å². The maximum absolute atomic E-state index is 12.3. The lowest BCUT2D eigenvalue weighted by Gasteiger charge is -2.37. The van der Waals surface area contributed by atoms with Crippen LogP contribution >= 0.6 is 0 Å². The Kier molecular flexibility index (Phi) is 5.48. The first kappa shape index (κ1) is 13.9. The lowest BCUT2D eigenvalue weighted by molar-refractivity contribution is -0.135. The Labute approximate surface area is 111 Å². The molecule has 2 atom stereocenters. The smallest absolute Gasteiger partial charge is 0.222 e. The second-order valence-electron chi connectivity index (χ2n) is 5.95. The Morgan fingerprint density at radius 2 is 1.72 bits per heavy atom. The molecule has 2 unspecified atom stereocenters. The van der Waals surface area contributed by atoms with E-state index in [4.69, 9.17) is 5.73 Å². The van der Waals surface area contributed by atoms with Gasteiger partial charge in [0.2, 0.25) is 5.91 Å². The molecule has 1 aliphatic carbocycles. The molecule has 0 aromatic heterocycles. The SMILES string of the molecule is NCC1CCCCCC1N1CCCCCCC1=O. The first-order chi connectivity index (χ1) is 8.83. The number of nitrogens with two attached hydrogens (primary N) is 1. The van der Waals surface area contributed by atoms with Gasteiger partial charge < -0.3 is 10.6 Å². The minimum Gasteiger partial charge on any atom is -0.339 e. The second kappa shape index (κ2) is 7.13. The Hall–Kier alpha value is -0.570. The molecule has 104 valence electrons. The van der Waals surface area contributed by atoms with Crippen molar-refractivity contribution in [3.05, 3.63) is 0 Å². The molecule has 1 heterocycles. The highest BCUT2D eigenvalue weighted by molar-refractivity contribution is 5.76. The average Bonchev–Trinajstić information content (AvgIpc) is 2.59. The summed E-state index contributed by atoms with van der Waals surface area (Å²) < 4.78 is 0. The molecule has 0 bridgehead atoms. The Morgan fingerprint density at radius 1 is 1.00 bits per heavy atom. The van der Waals surface area contributed by atoms with E-state index in [-0.39, 0.29) is 0 Å². The van der Waals surface area contributed by atoms with Gasteiger partial charge in [0.25, 0.3) is 0 Å². The number of rotatable bonds is 2. The summed E-state index contributed by atoms with van der Waals surface area (Å²) in [4.78, 5) is 14.5. The third-order valence-corrected chi connectivity index (χ3v) is 4.68. The highest BCUT2D eigenvalue weighted by Crippen LogP contribution is 2.28. The van der Waals surface area contributed by atoms with Gasteiger partial charge in [-0.05, 0) is 38.1 Å². The molecule has 0 aromatic rings. The molecule has 1 amide bonds. The molecule has 1 saturated carbocycles. The van der Waals surface area contributed by atoms with Crippen molar-refractivity contribution in [1.29, 1.82) is 0 Å². The van der Waals surface area contributed by atoms with E-state index in [9.17, 15) is 4.79 Å². The van der Waals surface area contributed by atoms with Crippen LogP contribution in [0.1, 0.15) is 64.2 Å². The molecule has 1 saturated heterocycles. The summed E-state index contributed by atoms with van der Waals surface area (Å²) in [5, 5.41) is 0. The molecule has 0 spiro atoms. The Bertz CT molecular complexity index is 267. The van der Waals surface area contributed by atoms with Crippen LogP contribution in [0.25, 0.3) is 0 Å². The monoisotopic (exact) mass is 252 g/mol. The summed E-state index contributed by atoms with van der Waals surface area (Å²) in [5.74, 6) is 0.927. The standard InChI is InChI=1S/C15H28N2O/c16-12-13-8-4-3-5-9-14(13)17-11-7-2-1-6-10-15(17)18/h13-14H,1-12,16H2. The van der Waals surface area contributed by atoms with Crippen LogP contribution in [0.4, 0.5) is 0 Å². The molecule has 0 aromatic carbocycles. The maximum atomic E-state index is 12.3. The van der Waals surface area contributed by atoms with Crippen LogP contribution in [-0.4, -0.2) is 29.9 Å². The van der Waals surface area contributed by atoms with Crippen molar-refractivity contribution in [2.45, 2.75) is 70.3 Å². The third-order valence-electron chi connectivity index (χ3n) is 4.68. The zero-order valence-electron chi connectivity index (χ0n) is 11.6. The lowest BCUT2D eigenvalue weighted by Crippen LogP contribution is -2.47. The first-order valence-electron chi connectivity index (χ1n) is 7.82. The highest BCUT2D eigenvalue weighted by atomic mass is 16.2. The quantitative estimate of drug-likeness (QED) is 0.768. The molecule has 1 aliphatic heterocycles. The summed E-state index contributed by atoms with van der Waals surface area (Å²) >= 11 is 0. The van der Waals surface area contributed by atoms with Crippen LogP contribution < -0.4 is 5.73 Å². The Morgan fingerprint density at radius 3 is 2.56 bits per heavy atom. The molecule has 2 N–H and O–H groups in total. The van der Waals surface area contributed by atoms with E-state index >= 15 is 0 Å². The molecular weight excluding hydrogens is 224 g/mol. The van der Waals surface area contributed by atoms with Crippen LogP contribution in [0.15, 0.2) is 0 Å². The van der Waals surface area contributed by atoms with Crippen molar-refractivity contribution in [2.75, 3.05) is 13.1 Å². The van der Waals surface area contributed by atoms with Crippen molar-refractivity contribution in [2.24, 2.45) is 11.7 Å². The van der Waals surface area contributed by atoms with Gasteiger partial charge in [-0.15, -0.1) is 0 Å². The van der Waals surface area contributed by atoms with Gasteiger partial charge in [0.1, 0.15) is 0 Å². The summed E-state index contributed by atoms with van der Waals surface area (Å²) in [6.45, 7) is 1.72. The van der Waals surface area contributed by atoms with Crippen molar-refractivity contribution >= 4 is 5.91 Å². The van der Waals surface area contributed by atoms with Crippen molar-refractivity contribution in [3.63, 3.8) is 0 Å². The molecular formula is C15H28N2O. The van der Waals surface area contributed by atoms with Gasteiger partial charge in [-0.2, -0.15) is 0 Å². The van der Waals surface area contributed by atoms with Crippen LogP contribution in [0, 0.1) is 5.92 Å². The topological polar surface area (TPSA) is 46.3 Å². The fourth-order valence-electron chi connectivity index (χ4n) is 3.58. The van der Waals surface area contributed by atoms with Gasteiger partial charge in [-0.1, -0.05) is 32.1 Å². The van der Waals surface area contributed by atoms with E-state index in [1.165, 1.54) is 51.4 Å². The van der Waals surface area contributed by atoms with Crippen LogP contribution in [0.3, 0.4) is 0 Å². The summed E-state index contributed by atoms with van der Waals surface area (Å²) in [6.07, 6.45) is 11.8. The minimum atomic E-state index is 0.389. The van der Waals surface area contributed by atoms with E-state index in [1.54, 1.807) is 0 Å².